The summed E-state index contributed by atoms with van der Waals surface area (Å²) in [5.74, 6) is 0.343. The number of hydrogen-bond acceptors (Lipinski definition) is 7. The summed E-state index contributed by atoms with van der Waals surface area (Å²) in [6.45, 7) is -1.43. The van der Waals surface area contributed by atoms with Crippen molar-refractivity contribution in [2.24, 2.45) is 5.92 Å². The quantitative estimate of drug-likeness (QED) is 0.214. The van der Waals surface area contributed by atoms with Gasteiger partial charge in [0, 0.05) is 42.6 Å². The number of rotatable bonds is 5. The smallest absolute Gasteiger partial charge is 0.319 e. The Morgan fingerprint density at radius 2 is 2.02 bits per heavy atom. The number of halogens is 4. The van der Waals surface area contributed by atoms with Gasteiger partial charge in [0.2, 0.25) is 0 Å². The predicted octanol–water partition coefficient (Wildman–Crippen LogP) is 6.09. The van der Waals surface area contributed by atoms with E-state index in [4.69, 9.17) is 13.9 Å². The van der Waals surface area contributed by atoms with Gasteiger partial charge in [-0.3, -0.25) is 9.88 Å². The maximum absolute atomic E-state index is 16.9. The molecule has 4 fully saturated rings. The largest absolute Gasteiger partial charge is 0.508 e. The van der Waals surface area contributed by atoms with Crippen LogP contribution in [-0.2, 0) is 0 Å². The number of hydrogen-bond donors (Lipinski definition) is 1. The molecule has 0 spiro atoms. The van der Waals surface area contributed by atoms with Crippen molar-refractivity contribution >= 4 is 27.5 Å². The Balaban J connectivity index is 1.32. The highest BCUT2D eigenvalue weighted by Crippen LogP contribution is 2.48. The second kappa shape index (κ2) is 10.4. The summed E-state index contributed by atoms with van der Waals surface area (Å²) in [6, 6.07) is 4.21. The van der Waals surface area contributed by atoms with Gasteiger partial charge in [0.15, 0.2) is 5.82 Å². The highest BCUT2D eigenvalue weighted by molar-refractivity contribution is 6.03. The molecule has 0 unspecified atom stereocenters. The average Bonchev–Trinajstić information content (AvgIpc) is 3.39. The number of pyridine rings is 1. The van der Waals surface area contributed by atoms with Crippen LogP contribution in [0.15, 0.2) is 30.5 Å². The van der Waals surface area contributed by atoms with Gasteiger partial charge in [-0.2, -0.15) is 9.97 Å². The summed E-state index contributed by atoms with van der Waals surface area (Å²) < 4.78 is 85.3. The number of ether oxygens (including phenoxy) is 1. The van der Waals surface area contributed by atoms with E-state index >= 15 is 8.78 Å². The van der Waals surface area contributed by atoms with Gasteiger partial charge in [0.05, 0.1) is 25.3 Å². The van der Waals surface area contributed by atoms with Crippen molar-refractivity contribution in [3.05, 3.63) is 47.7 Å². The molecule has 3 aliphatic heterocycles. The minimum absolute atomic E-state index is 0.0195. The summed E-state index contributed by atoms with van der Waals surface area (Å²) in [7, 11) is 0. The van der Waals surface area contributed by atoms with E-state index in [1.807, 2.05) is 0 Å². The summed E-state index contributed by atoms with van der Waals surface area (Å²) in [4.78, 5) is 16.8. The lowest BCUT2D eigenvalue weighted by Crippen LogP contribution is -2.43. The maximum atomic E-state index is 16.9. The molecule has 4 aliphatic rings. The molecule has 4 aromatic rings. The van der Waals surface area contributed by atoms with Crippen molar-refractivity contribution in [3.63, 3.8) is 0 Å². The number of alkyl halides is 2. The Morgan fingerprint density at radius 1 is 1.16 bits per heavy atom. The first-order valence-corrected chi connectivity index (χ1v) is 15.3. The van der Waals surface area contributed by atoms with Crippen molar-refractivity contribution in [1.82, 2.24) is 19.9 Å². The fourth-order valence-electron chi connectivity index (χ4n) is 7.73. The lowest BCUT2D eigenvalue weighted by Gasteiger charge is -2.31. The molecule has 2 aromatic carbocycles. The molecule has 1 aliphatic carbocycles. The Kier molecular flexibility index (Phi) is 6.05. The van der Waals surface area contributed by atoms with Crippen LogP contribution in [0.2, 0.25) is 0 Å². The Bertz CT molecular complexity index is 1990. The molecule has 232 valence electrons. The molecule has 2 aromatic heterocycles. The molecular weight excluding hydrogens is 586 g/mol. The van der Waals surface area contributed by atoms with Crippen molar-refractivity contribution < 1.29 is 30.1 Å². The second-order valence-electron chi connectivity index (χ2n) is 12.5. The van der Waals surface area contributed by atoms with Crippen molar-refractivity contribution in [2.45, 2.75) is 62.4 Å². The van der Waals surface area contributed by atoms with E-state index in [1.165, 1.54) is 24.4 Å². The number of anilines is 1. The first-order valence-electron chi connectivity index (χ1n) is 16.3. The first-order chi connectivity index (χ1) is 22.5. The third-order valence-electron chi connectivity index (χ3n) is 9.88. The van der Waals surface area contributed by atoms with E-state index in [9.17, 15) is 13.9 Å². The standard InChI is InChI=1S/C34H31F4N5O2/c1-2-21-25(36)8-7-18-12-20(44)13-23(26(18)21)29-28(38)30-24(15-39-29)32(43-11-4-3-6-22-27(37)31(22)43)41-33(40-30)45-17-34-9-5-10-42(34)16-19(35)14-34/h1,7-8,12-13,15,19,22,27,31,44H,3-6,9-11,14,16-17H2/t19-,22+,27+,31+,34+/m1/s1/i17D2. The zero-order valence-corrected chi connectivity index (χ0v) is 24.2. The number of benzene rings is 2. The molecule has 7 nitrogen and oxygen atoms in total. The van der Waals surface area contributed by atoms with Gasteiger partial charge in [-0.25, -0.2) is 17.6 Å². The summed E-state index contributed by atoms with van der Waals surface area (Å²) >= 11 is 0. The third kappa shape index (κ3) is 4.48. The number of aromatic hydroxyl groups is 1. The number of phenolic OH excluding ortho intramolecular Hbond substituents is 1. The van der Waals surface area contributed by atoms with Crippen LogP contribution in [0.25, 0.3) is 32.9 Å². The molecule has 5 atom stereocenters. The van der Waals surface area contributed by atoms with Crippen molar-refractivity contribution in [3.8, 4) is 35.4 Å². The number of fused-ring (bicyclic) bond motifs is 4. The summed E-state index contributed by atoms with van der Waals surface area (Å²) in [5, 5.41) is 11.2. The highest BCUT2D eigenvalue weighted by Gasteiger charge is 2.56. The average molecular weight is 620 g/mol. The number of aromatic nitrogens is 3. The minimum Gasteiger partial charge on any atom is -0.508 e. The van der Waals surface area contributed by atoms with Crippen LogP contribution in [0.3, 0.4) is 0 Å². The van der Waals surface area contributed by atoms with Gasteiger partial charge in [0.25, 0.3) is 0 Å². The van der Waals surface area contributed by atoms with Gasteiger partial charge in [0.1, 0.15) is 47.5 Å². The monoisotopic (exact) mass is 619 g/mol. The Morgan fingerprint density at radius 3 is 2.87 bits per heavy atom. The van der Waals surface area contributed by atoms with E-state index in [0.717, 1.165) is 18.9 Å². The Labute approximate surface area is 260 Å². The minimum atomic E-state index is -2.45. The zero-order chi connectivity index (χ0) is 32.8. The van der Waals surface area contributed by atoms with Crippen molar-refractivity contribution in [1.29, 1.82) is 0 Å². The van der Waals surface area contributed by atoms with E-state index in [2.05, 4.69) is 20.9 Å². The van der Waals surface area contributed by atoms with Crippen LogP contribution < -0.4 is 9.64 Å². The molecule has 3 saturated heterocycles. The van der Waals surface area contributed by atoms with Gasteiger partial charge in [-0.15, -0.1) is 6.42 Å². The zero-order valence-electron chi connectivity index (χ0n) is 26.2. The highest BCUT2D eigenvalue weighted by atomic mass is 19.1. The van der Waals surface area contributed by atoms with Crippen LogP contribution in [0.4, 0.5) is 23.4 Å². The van der Waals surface area contributed by atoms with Gasteiger partial charge in [-0.1, -0.05) is 18.4 Å². The van der Waals surface area contributed by atoms with Crippen LogP contribution in [0.1, 0.15) is 46.8 Å². The van der Waals surface area contributed by atoms with Crippen LogP contribution >= 0.6 is 0 Å². The molecular formula is C34H31F4N5O2. The lowest BCUT2D eigenvalue weighted by atomic mass is 9.95. The molecule has 1 saturated carbocycles. The molecule has 1 N–H and O–H groups in total. The number of phenols is 1. The second-order valence-corrected chi connectivity index (χ2v) is 12.5. The third-order valence-corrected chi connectivity index (χ3v) is 9.88. The molecule has 0 amide bonds. The molecule has 0 bridgehead atoms. The van der Waals surface area contributed by atoms with E-state index in [0.29, 0.717) is 37.7 Å². The molecule has 11 heteroatoms. The molecule has 0 radical (unpaired) electrons. The van der Waals surface area contributed by atoms with Gasteiger partial charge in [-0.05, 0) is 55.8 Å². The van der Waals surface area contributed by atoms with E-state index < -0.39 is 48.1 Å². The normalized spacial score (nSPS) is 28.7. The van der Waals surface area contributed by atoms with Gasteiger partial charge < -0.3 is 14.7 Å². The predicted molar refractivity (Wildman–Crippen MR) is 162 cm³/mol. The topological polar surface area (TPSA) is 74.6 Å². The van der Waals surface area contributed by atoms with E-state index in [1.54, 1.807) is 9.80 Å². The summed E-state index contributed by atoms with van der Waals surface area (Å²) in [5.41, 5.74) is -1.95. The number of terminal acetylenes is 1. The lowest BCUT2D eigenvalue weighted by molar-refractivity contribution is 0.107. The summed E-state index contributed by atoms with van der Waals surface area (Å²) in [6.07, 6.45) is 7.86. The molecule has 5 heterocycles. The molecule has 8 rings (SSSR count). The van der Waals surface area contributed by atoms with Crippen LogP contribution in [0, 0.1) is 29.9 Å². The van der Waals surface area contributed by atoms with Crippen LogP contribution in [-0.4, -0.2) is 75.1 Å². The van der Waals surface area contributed by atoms with E-state index in [-0.39, 0.29) is 63.6 Å². The fraction of sp³-hybridized carbons (Fsp3) is 0.441. The van der Waals surface area contributed by atoms with Crippen LogP contribution in [0.5, 0.6) is 11.8 Å². The van der Waals surface area contributed by atoms with Crippen molar-refractivity contribution in [2.75, 3.05) is 31.1 Å². The number of nitrogens with zero attached hydrogens (tertiary/aromatic N) is 5. The van der Waals surface area contributed by atoms with Gasteiger partial charge >= 0.3 is 6.01 Å². The fourth-order valence-corrected chi connectivity index (χ4v) is 7.73. The SMILES string of the molecule is [2H]C([2H])(Oc1nc(N2CCCC[C@H]3[C@H](F)[C@H]32)c2cnc(-c3cc(O)cc4ccc(F)c(C#C)c34)c(F)c2n1)[C@@]12CCCN1C[C@H](F)C2. The maximum Gasteiger partial charge on any atom is 0.319 e. The molecule has 45 heavy (non-hydrogen) atoms. The Hall–Kier alpha value is -4.17. The first kappa shape index (κ1) is 26.1.